The maximum absolute atomic E-state index is 12.1. The quantitative estimate of drug-likeness (QED) is 0.746. The number of hydrogen-bond acceptors (Lipinski definition) is 3. The van der Waals surface area contributed by atoms with Crippen LogP contribution in [0, 0.1) is 5.92 Å². The van der Waals surface area contributed by atoms with Crippen molar-refractivity contribution in [1.82, 2.24) is 15.1 Å². The molecule has 1 saturated heterocycles. The third-order valence-corrected chi connectivity index (χ3v) is 5.22. The first kappa shape index (κ1) is 19.9. The summed E-state index contributed by atoms with van der Waals surface area (Å²) in [6.07, 6.45) is 2.89. The third kappa shape index (κ3) is 6.79. The average Bonchev–Trinajstić information content (AvgIpc) is 2.62. The van der Waals surface area contributed by atoms with E-state index < -0.39 is 0 Å². The molecule has 0 bridgehead atoms. The molecule has 1 fully saturated rings. The number of rotatable bonds is 9. The molecule has 4 heteroatoms. The summed E-state index contributed by atoms with van der Waals surface area (Å²) < 4.78 is 0. The van der Waals surface area contributed by atoms with Crippen molar-refractivity contribution in [1.29, 1.82) is 0 Å². The van der Waals surface area contributed by atoms with E-state index in [0.29, 0.717) is 18.9 Å². The topological polar surface area (TPSA) is 35.6 Å². The molecule has 1 aliphatic heterocycles. The van der Waals surface area contributed by atoms with E-state index in [9.17, 15) is 4.79 Å². The molecule has 1 aliphatic rings. The van der Waals surface area contributed by atoms with Crippen LogP contribution in [0.3, 0.4) is 0 Å². The summed E-state index contributed by atoms with van der Waals surface area (Å²) in [5.41, 5.74) is 2.59. The molecule has 1 atom stereocenters. The van der Waals surface area contributed by atoms with Crippen LogP contribution in [0.1, 0.15) is 51.2 Å². The van der Waals surface area contributed by atoms with Crippen molar-refractivity contribution in [2.75, 3.05) is 32.7 Å². The lowest BCUT2D eigenvalue weighted by Gasteiger charge is -2.34. The molecule has 0 radical (unpaired) electrons. The van der Waals surface area contributed by atoms with Gasteiger partial charge in [0.15, 0.2) is 0 Å². The van der Waals surface area contributed by atoms with Crippen molar-refractivity contribution >= 4 is 5.91 Å². The Labute approximate surface area is 153 Å². The van der Waals surface area contributed by atoms with E-state index in [-0.39, 0.29) is 5.91 Å². The van der Waals surface area contributed by atoms with E-state index in [1.165, 1.54) is 11.1 Å². The van der Waals surface area contributed by atoms with Gasteiger partial charge in [-0.25, -0.2) is 0 Å². The molecule has 4 nitrogen and oxygen atoms in total. The zero-order chi connectivity index (χ0) is 18.1. The van der Waals surface area contributed by atoms with E-state index >= 15 is 0 Å². The summed E-state index contributed by atoms with van der Waals surface area (Å²) in [5.74, 6) is 0.641. The lowest BCUT2D eigenvalue weighted by atomic mass is 10.0. The van der Waals surface area contributed by atoms with Gasteiger partial charge in [0.1, 0.15) is 0 Å². The van der Waals surface area contributed by atoms with Crippen LogP contribution in [0.4, 0.5) is 0 Å². The Bertz CT molecular complexity index is 524. The molecule has 25 heavy (non-hydrogen) atoms. The van der Waals surface area contributed by atoms with Gasteiger partial charge in [-0.2, -0.15) is 0 Å². The summed E-state index contributed by atoms with van der Waals surface area (Å²) in [4.78, 5) is 17.2. The van der Waals surface area contributed by atoms with Crippen LogP contribution in [0.2, 0.25) is 0 Å². The number of hydrogen-bond donors (Lipinski definition) is 1. The highest BCUT2D eigenvalue weighted by Gasteiger charge is 2.16. The number of carbonyl (C=O) groups is 1. The predicted molar refractivity (Wildman–Crippen MR) is 104 cm³/mol. The van der Waals surface area contributed by atoms with E-state index in [2.05, 4.69) is 60.2 Å². The Hall–Kier alpha value is -1.39. The zero-order valence-corrected chi connectivity index (χ0v) is 16.3. The van der Waals surface area contributed by atoms with Crippen molar-refractivity contribution in [2.24, 2.45) is 5.92 Å². The Morgan fingerprint density at radius 3 is 2.36 bits per heavy atom. The fourth-order valence-electron chi connectivity index (χ4n) is 3.57. The van der Waals surface area contributed by atoms with Gasteiger partial charge in [0.05, 0.1) is 0 Å². The molecule has 1 aromatic rings. The molecule has 140 valence electrons. The van der Waals surface area contributed by atoms with E-state index in [0.717, 1.165) is 52.1 Å². The summed E-state index contributed by atoms with van der Waals surface area (Å²) in [6.45, 7) is 13.9. The second kappa shape index (κ2) is 10.6. The van der Waals surface area contributed by atoms with Gasteiger partial charge < -0.3 is 10.2 Å². The molecule has 0 saturated carbocycles. The van der Waals surface area contributed by atoms with Gasteiger partial charge in [-0.15, -0.1) is 0 Å². The molecule has 1 amide bonds. The second-order valence-corrected chi connectivity index (χ2v) is 7.35. The van der Waals surface area contributed by atoms with Crippen molar-refractivity contribution in [3.8, 4) is 0 Å². The molecule has 1 aromatic carbocycles. The number of nitrogens with one attached hydrogen (secondary N) is 1. The van der Waals surface area contributed by atoms with Crippen LogP contribution in [0.15, 0.2) is 24.3 Å². The largest absolute Gasteiger partial charge is 0.352 e. The van der Waals surface area contributed by atoms with E-state index in [1.807, 2.05) is 0 Å². The summed E-state index contributed by atoms with van der Waals surface area (Å²) in [5, 5.41) is 3.12. The lowest BCUT2D eigenvalue weighted by Crippen LogP contribution is -2.45. The number of nitrogens with zero attached hydrogens (tertiary/aromatic N) is 2. The maximum Gasteiger partial charge on any atom is 0.220 e. The Kier molecular flexibility index (Phi) is 8.42. The molecular formula is C21H35N3O. The highest BCUT2D eigenvalue weighted by Crippen LogP contribution is 2.14. The number of likely N-dealkylation sites (N-methyl/N-ethyl adjacent to an activating group) is 1. The number of benzene rings is 1. The van der Waals surface area contributed by atoms with E-state index in [4.69, 9.17) is 0 Å². The first-order valence-electron chi connectivity index (χ1n) is 9.90. The molecule has 0 aliphatic carbocycles. The molecule has 1 unspecified atom stereocenters. The van der Waals surface area contributed by atoms with Gasteiger partial charge in [-0.3, -0.25) is 9.69 Å². The van der Waals surface area contributed by atoms with Crippen molar-refractivity contribution in [3.05, 3.63) is 35.4 Å². The maximum atomic E-state index is 12.1. The fraction of sp³-hybridized carbons (Fsp3) is 0.667. The minimum absolute atomic E-state index is 0.173. The van der Waals surface area contributed by atoms with Gasteiger partial charge in [-0.05, 0) is 23.6 Å². The fourth-order valence-corrected chi connectivity index (χ4v) is 3.57. The molecule has 0 spiro atoms. The van der Waals surface area contributed by atoms with Crippen molar-refractivity contribution < 1.29 is 4.79 Å². The van der Waals surface area contributed by atoms with Crippen molar-refractivity contribution in [3.63, 3.8) is 0 Å². The van der Waals surface area contributed by atoms with Gasteiger partial charge in [0.25, 0.3) is 0 Å². The summed E-state index contributed by atoms with van der Waals surface area (Å²) >= 11 is 0. The predicted octanol–water partition coefficient (Wildman–Crippen LogP) is 3.27. The number of carbonyl (C=O) groups excluding carboxylic acids is 1. The molecule has 1 heterocycles. The number of amides is 1. The average molecular weight is 346 g/mol. The molecular weight excluding hydrogens is 310 g/mol. The third-order valence-electron chi connectivity index (χ3n) is 5.22. The molecule has 1 N–H and O–H groups in total. The van der Waals surface area contributed by atoms with Gasteiger partial charge >= 0.3 is 0 Å². The Morgan fingerprint density at radius 2 is 1.72 bits per heavy atom. The first-order valence-corrected chi connectivity index (χ1v) is 9.90. The van der Waals surface area contributed by atoms with Crippen LogP contribution >= 0.6 is 0 Å². The van der Waals surface area contributed by atoms with Gasteiger partial charge in [0, 0.05) is 45.7 Å². The minimum Gasteiger partial charge on any atom is -0.352 e. The standard InChI is InChI=1S/C21H35N3O/c1-4-8-18(3)15-21(25)22-16-19-9-6-7-10-20(19)17-24-13-11-23(5-2)12-14-24/h6-7,9-10,18H,4-5,8,11-17H2,1-3H3,(H,22,25). The lowest BCUT2D eigenvalue weighted by molar-refractivity contribution is -0.122. The van der Waals surface area contributed by atoms with Crippen LogP contribution in [0.25, 0.3) is 0 Å². The normalized spacial score (nSPS) is 17.4. The summed E-state index contributed by atoms with van der Waals surface area (Å²) in [6, 6.07) is 8.52. The Morgan fingerprint density at radius 1 is 1.08 bits per heavy atom. The smallest absolute Gasteiger partial charge is 0.220 e. The van der Waals surface area contributed by atoms with Gasteiger partial charge in [-0.1, -0.05) is 57.9 Å². The zero-order valence-electron chi connectivity index (χ0n) is 16.3. The van der Waals surface area contributed by atoms with Crippen molar-refractivity contribution in [2.45, 2.75) is 53.1 Å². The Balaban J connectivity index is 1.84. The first-order chi connectivity index (χ1) is 12.1. The van der Waals surface area contributed by atoms with E-state index in [1.54, 1.807) is 0 Å². The SMILES string of the molecule is CCCC(C)CC(=O)NCc1ccccc1CN1CCN(CC)CC1. The monoisotopic (exact) mass is 345 g/mol. The van der Waals surface area contributed by atoms with Crippen LogP contribution in [-0.2, 0) is 17.9 Å². The van der Waals surface area contributed by atoms with Crippen LogP contribution < -0.4 is 5.32 Å². The molecule has 0 aromatic heterocycles. The summed E-state index contributed by atoms with van der Waals surface area (Å²) in [7, 11) is 0. The highest BCUT2D eigenvalue weighted by molar-refractivity contribution is 5.76. The van der Waals surface area contributed by atoms with Crippen LogP contribution in [0.5, 0.6) is 0 Å². The van der Waals surface area contributed by atoms with Gasteiger partial charge in [0.2, 0.25) is 5.91 Å². The number of piperazine rings is 1. The van der Waals surface area contributed by atoms with Crippen LogP contribution in [-0.4, -0.2) is 48.4 Å². The second-order valence-electron chi connectivity index (χ2n) is 7.35. The highest BCUT2D eigenvalue weighted by atomic mass is 16.1. The minimum atomic E-state index is 0.173. The molecule has 2 rings (SSSR count).